The van der Waals surface area contributed by atoms with Crippen LogP contribution in [0.3, 0.4) is 0 Å². The van der Waals surface area contributed by atoms with Crippen LogP contribution in [0.2, 0.25) is 0 Å². The van der Waals surface area contributed by atoms with E-state index in [1.165, 1.54) is 19.1 Å². The van der Waals surface area contributed by atoms with Gasteiger partial charge in [-0.05, 0) is 44.5 Å². The lowest BCUT2D eigenvalue weighted by Crippen LogP contribution is -2.44. The van der Waals surface area contributed by atoms with Crippen molar-refractivity contribution in [3.63, 3.8) is 0 Å². The van der Waals surface area contributed by atoms with Crippen LogP contribution in [-0.4, -0.2) is 61.5 Å². The van der Waals surface area contributed by atoms with Gasteiger partial charge in [0.2, 0.25) is 0 Å². The zero-order chi connectivity index (χ0) is 28.1. The Labute approximate surface area is 226 Å². The van der Waals surface area contributed by atoms with E-state index in [1.54, 1.807) is 32.0 Å². The number of rotatable bonds is 10. The van der Waals surface area contributed by atoms with Gasteiger partial charge in [-0.3, -0.25) is 18.6 Å². The molecular formula is C22H24Cl2N3O10P. The minimum absolute atomic E-state index is 0.0941. The van der Waals surface area contributed by atoms with Crippen LogP contribution in [0.4, 0.5) is 0 Å². The van der Waals surface area contributed by atoms with E-state index in [0.717, 1.165) is 10.9 Å². The number of nitrogens with zero attached hydrogens (tertiary/aromatic N) is 2. The molecule has 0 spiro atoms. The first-order valence-corrected chi connectivity index (χ1v) is 13.3. The first-order valence-electron chi connectivity index (χ1n) is 11.1. The summed E-state index contributed by atoms with van der Waals surface area (Å²) in [5.41, 5.74) is -1.88. The Bertz CT molecular complexity index is 1360. The van der Waals surface area contributed by atoms with Crippen LogP contribution >= 0.6 is 31.0 Å². The molecule has 2 N–H and O–H groups in total. The lowest BCUT2D eigenvalue weighted by atomic mass is 10.00. The molecule has 1 aliphatic rings. The molecule has 1 fully saturated rings. The summed E-state index contributed by atoms with van der Waals surface area (Å²) in [5, 5.41) is 13.0. The highest BCUT2D eigenvalue weighted by molar-refractivity contribution is 7.49. The molecule has 2 heterocycles. The molecule has 206 valence electrons. The van der Waals surface area contributed by atoms with E-state index < -0.39 is 67.3 Å². The molecule has 1 saturated heterocycles. The van der Waals surface area contributed by atoms with Crippen LogP contribution in [0.1, 0.15) is 27.0 Å². The highest BCUT2D eigenvalue weighted by atomic mass is 35.5. The molecule has 6 atom stereocenters. The summed E-state index contributed by atoms with van der Waals surface area (Å²) >= 11 is 12.1. The average Bonchev–Trinajstić information content (AvgIpc) is 3.08. The number of ether oxygens (including phenoxy) is 2. The van der Waals surface area contributed by atoms with Crippen molar-refractivity contribution in [2.45, 2.75) is 56.3 Å². The Balaban J connectivity index is 1.86. The van der Waals surface area contributed by atoms with Gasteiger partial charge in [0.25, 0.3) is 0 Å². The molecule has 1 aromatic carbocycles. The fourth-order valence-electron chi connectivity index (χ4n) is 3.30. The first-order chi connectivity index (χ1) is 17.9. The summed E-state index contributed by atoms with van der Waals surface area (Å²) < 4.78 is 41.4. The maximum absolute atomic E-state index is 13.6. The van der Waals surface area contributed by atoms with Crippen molar-refractivity contribution in [2.24, 2.45) is 0 Å². The number of aromatic amines is 1. The van der Waals surface area contributed by atoms with Gasteiger partial charge in [0.1, 0.15) is 24.3 Å². The largest absolute Gasteiger partial charge is 0.530 e. The van der Waals surface area contributed by atoms with Crippen molar-refractivity contribution in [1.29, 1.82) is 0 Å². The first kappa shape index (κ1) is 29.9. The summed E-state index contributed by atoms with van der Waals surface area (Å²) in [7, 11) is -4.56. The Morgan fingerprint density at radius 2 is 2.00 bits per heavy atom. The average molecular weight is 592 g/mol. The van der Waals surface area contributed by atoms with Gasteiger partial charge in [-0.1, -0.05) is 35.7 Å². The van der Waals surface area contributed by atoms with Gasteiger partial charge in [0, 0.05) is 5.38 Å². The van der Waals surface area contributed by atoms with E-state index in [2.05, 4.69) is 10.9 Å². The van der Waals surface area contributed by atoms with Gasteiger partial charge in [-0.15, -0.1) is 0 Å². The quantitative estimate of drug-likeness (QED) is 0.179. The molecule has 3 rings (SSSR count). The molecular weight excluding hydrogens is 568 g/mol. The van der Waals surface area contributed by atoms with E-state index >= 15 is 0 Å². The molecule has 0 bridgehead atoms. The highest BCUT2D eigenvalue weighted by Crippen LogP contribution is 2.52. The predicted molar refractivity (Wildman–Crippen MR) is 134 cm³/mol. The predicted octanol–water partition coefficient (Wildman–Crippen LogP) is 1.93. The van der Waals surface area contributed by atoms with Gasteiger partial charge >= 0.3 is 25.2 Å². The molecule has 0 amide bonds. The molecule has 0 saturated carbocycles. The standard InChI is InChI=1S/C22H24Cl2N3O10P/c1-13(2)34-18(29)14(3)36-38(32,37-15-7-5-4-6-8-15)33-11-16-17(28)22(24,9-10-23)19(35-16)27-12-25-20(30)26-21(27)31/h4-8,12-14,16-17,19,28H,11H2,1-3H3,(H,26,30,31)/t14-,16+,17?,19+,22+,38-/m0/s1. The number of para-hydroxylation sites is 1. The van der Waals surface area contributed by atoms with Crippen LogP contribution in [0.15, 0.2) is 46.2 Å². The van der Waals surface area contributed by atoms with Gasteiger partial charge in [-0.25, -0.2) is 18.9 Å². The third kappa shape index (κ3) is 7.03. The number of H-pyrrole nitrogens is 1. The lowest BCUT2D eigenvalue weighted by Gasteiger charge is -2.25. The van der Waals surface area contributed by atoms with Gasteiger partial charge in [0.05, 0.1) is 12.7 Å². The molecule has 38 heavy (non-hydrogen) atoms. The molecule has 1 aliphatic heterocycles. The van der Waals surface area contributed by atoms with Crippen molar-refractivity contribution in [1.82, 2.24) is 14.5 Å². The topological polar surface area (TPSA) is 168 Å². The number of hydrogen-bond acceptors (Lipinski definition) is 11. The Kier molecular flexibility index (Phi) is 9.78. The second kappa shape index (κ2) is 12.4. The van der Waals surface area contributed by atoms with Crippen molar-refractivity contribution >= 4 is 37.0 Å². The summed E-state index contributed by atoms with van der Waals surface area (Å²) in [5.74, 6) is 1.65. The number of nitrogens with one attached hydrogen (secondary N) is 1. The maximum Gasteiger partial charge on any atom is 0.530 e. The molecule has 1 unspecified atom stereocenters. The highest BCUT2D eigenvalue weighted by Gasteiger charge is 2.57. The number of benzene rings is 1. The zero-order valence-corrected chi connectivity index (χ0v) is 22.7. The fourth-order valence-corrected chi connectivity index (χ4v) is 5.19. The van der Waals surface area contributed by atoms with Crippen molar-refractivity contribution in [2.75, 3.05) is 6.61 Å². The van der Waals surface area contributed by atoms with E-state index in [0.29, 0.717) is 0 Å². The van der Waals surface area contributed by atoms with Gasteiger partial charge in [0.15, 0.2) is 17.2 Å². The number of carbonyl (C=O) groups is 1. The molecule has 2 aromatic rings. The van der Waals surface area contributed by atoms with E-state index in [9.17, 15) is 24.1 Å². The van der Waals surface area contributed by atoms with Gasteiger partial charge in [-0.2, -0.15) is 4.98 Å². The molecule has 0 radical (unpaired) electrons. The number of carbonyl (C=O) groups excluding carboxylic acids is 1. The molecule has 13 nitrogen and oxygen atoms in total. The van der Waals surface area contributed by atoms with Crippen LogP contribution in [-0.2, 0) is 27.9 Å². The lowest BCUT2D eigenvalue weighted by molar-refractivity contribution is -0.156. The third-order valence-corrected chi connectivity index (χ3v) is 7.09. The summed E-state index contributed by atoms with van der Waals surface area (Å²) in [6, 6.07) is 7.85. The number of hydrogen-bond donors (Lipinski definition) is 2. The van der Waals surface area contributed by atoms with Crippen LogP contribution < -0.4 is 15.9 Å². The monoisotopic (exact) mass is 591 g/mol. The number of aliphatic hydroxyl groups is 1. The molecule has 0 aliphatic carbocycles. The van der Waals surface area contributed by atoms with Gasteiger partial charge < -0.3 is 19.1 Å². The van der Waals surface area contributed by atoms with Crippen LogP contribution in [0, 0.1) is 11.3 Å². The maximum atomic E-state index is 13.6. The fraction of sp³-hybridized carbons (Fsp3) is 0.455. The van der Waals surface area contributed by atoms with Crippen LogP contribution in [0.5, 0.6) is 5.75 Å². The summed E-state index contributed by atoms with van der Waals surface area (Å²) in [4.78, 5) is 39.3. The minimum Gasteiger partial charge on any atom is -0.461 e. The molecule has 1 aromatic heterocycles. The van der Waals surface area contributed by atoms with E-state index in [4.69, 9.17) is 46.2 Å². The summed E-state index contributed by atoms with van der Waals surface area (Å²) in [6.07, 6.45) is -5.53. The third-order valence-electron chi connectivity index (χ3n) is 5.01. The summed E-state index contributed by atoms with van der Waals surface area (Å²) in [6.45, 7) is 3.88. The van der Waals surface area contributed by atoms with Crippen molar-refractivity contribution < 1.29 is 37.5 Å². The van der Waals surface area contributed by atoms with Crippen molar-refractivity contribution in [3.05, 3.63) is 57.6 Å². The number of aliphatic hydroxyl groups excluding tert-OH is 1. The number of aromatic nitrogens is 3. The second-order valence-corrected chi connectivity index (χ2v) is 10.6. The Hall–Kier alpha value is -2.69. The second-order valence-electron chi connectivity index (χ2n) is 8.23. The van der Waals surface area contributed by atoms with E-state index in [1.807, 2.05) is 10.4 Å². The van der Waals surface area contributed by atoms with E-state index in [-0.39, 0.29) is 5.75 Å². The number of phosphoric acid groups is 1. The number of phosphoric ester groups is 1. The van der Waals surface area contributed by atoms with Crippen molar-refractivity contribution in [3.8, 4) is 17.0 Å². The van der Waals surface area contributed by atoms with Crippen LogP contribution in [0.25, 0.3) is 0 Å². The Morgan fingerprint density at radius 1 is 1.32 bits per heavy atom. The number of halogens is 2. The SMILES string of the molecule is CC(C)OC(=O)[C@H](C)O[P@](=O)(OC[C@H]1O[C@@H](n2cnc(=O)[nH]c2=O)[C@@](Cl)(C#CCl)C1O)Oc1ccccc1. The zero-order valence-electron chi connectivity index (χ0n) is 20.3. The number of esters is 1. The molecule has 16 heteroatoms. The number of alkyl halides is 1. The smallest absolute Gasteiger partial charge is 0.461 e. The normalized spacial score (nSPS) is 25.2. The minimum atomic E-state index is -4.56. The Morgan fingerprint density at radius 3 is 2.61 bits per heavy atom.